The Kier molecular flexibility index (Phi) is 2.77. The van der Waals surface area contributed by atoms with E-state index in [0.29, 0.717) is 19.4 Å². The van der Waals surface area contributed by atoms with Crippen LogP contribution in [0, 0.1) is 0 Å². The molecule has 4 nitrogen and oxygen atoms in total. The van der Waals surface area contributed by atoms with Crippen molar-refractivity contribution in [3.8, 4) is 0 Å². The summed E-state index contributed by atoms with van der Waals surface area (Å²) in [5, 5.41) is 9.53. The molecule has 0 aromatic heterocycles. The number of aliphatic hydroxyl groups is 1. The summed E-state index contributed by atoms with van der Waals surface area (Å²) in [4.78, 5) is 0.242. The maximum atomic E-state index is 12.0. The first-order chi connectivity index (χ1) is 7.12. The van der Waals surface area contributed by atoms with Gasteiger partial charge in [0.25, 0.3) is 0 Å². The molecule has 1 heterocycles. The molecule has 1 unspecified atom stereocenters. The molecule has 0 radical (unpaired) electrons. The van der Waals surface area contributed by atoms with E-state index in [1.807, 2.05) is 0 Å². The summed E-state index contributed by atoms with van der Waals surface area (Å²) in [7, 11) is -3.50. The quantitative estimate of drug-likeness (QED) is 0.812. The van der Waals surface area contributed by atoms with Gasteiger partial charge in [0.15, 0.2) is 0 Å². The van der Waals surface area contributed by atoms with Crippen molar-refractivity contribution in [2.45, 2.75) is 24.0 Å². The zero-order valence-corrected chi connectivity index (χ0v) is 9.02. The number of benzene rings is 1. The molecule has 0 saturated carbocycles. The number of hydrogen-bond acceptors (Lipinski definition) is 3. The van der Waals surface area contributed by atoms with Crippen LogP contribution in [0.1, 0.15) is 12.8 Å². The Hall–Kier alpha value is -0.910. The summed E-state index contributed by atoms with van der Waals surface area (Å²) in [6.45, 7) is 0.401. The molecule has 1 aromatic carbocycles. The van der Waals surface area contributed by atoms with Crippen molar-refractivity contribution >= 4 is 10.0 Å². The molecule has 1 aliphatic heterocycles. The van der Waals surface area contributed by atoms with Gasteiger partial charge in [0.1, 0.15) is 6.23 Å². The van der Waals surface area contributed by atoms with E-state index in [4.69, 9.17) is 0 Å². The van der Waals surface area contributed by atoms with Gasteiger partial charge in [-0.25, -0.2) is 8.42 Å². The fraction of sp³-hybridized carbons (Fsp3) is 0.400. The van der Waals surface area contributed by atoms with Gasteiger partial charge in [-0.2, -0.15) is 4.31 Å². The second kappa shape index (κ2) is 3.92. The van der Waals surface area contributed by atoms with Gasteiger partial charge in [-0.3, -0.25) is 0 Å². The first-order valence-corrected chi connectivity index (χ1v) is 6.31. The summed E-state index contributed by atoms with van der Waals surface area (Å²) in [5.74, 6) is 0. The van der Waals surface area contributed by atoms with Crippen LogP contribution in [0.15, 0.2) is 35.2 Å². The van der Waals surface area contributed by atoms with Crippen LogP contribution in [0.5, 0.6) is 0 Å². The van der Waals surface area contributed by atoms with E-state index in [2.05, 4.69) is 0 Å². The van der Waals surface area contributed by atoms with Crippen LogP contribution >= 0.6 is 0 Å². The van der Waals surface area contributed by atoms with Gasteiger partial charge in [0.2, 0.25) is 10.0 Å². The smallest absolute Gasteiger partial charge is 0.245 e. The summed E-state index contributed by atoms with van der Waals surface area (Å²) < 4.78 is 25.2. The van der Waals surface area contributed by atoms with Gasteiger partial charge in [0, 0.05) is 6.54 Å². The molecule has 82 valence electrons. The lowest BCUT2D eigenvalue weighted by atomic mass is 10.4. The first kappa shape index (κ1) is 10.6. The topological polar surface area (TPSA) is 57.6 Å². The molecule has 1 aliphatic rings. The molecule has 1 atom stereocenters. The summed E-state index contributed by atoms with van der Waals surface area (Å²) in [6.07, 6.45) is 0.370. The van der Waals surface area contributed by atoms with Crippen LogP contribution in [0.3, 0.4) is 0 Å². The number of sulfonamides is 1. The lowest BCUT2D eigenvalue weighted by molar-refractivity contribution is 0.0949. The van der Waals surface area contributed by atoms with Gasteiger partial charge >= 0.3 is 0 Å². The second-order valence-electron chi connectivity index (χ2n) is 3.55. The molecule has 15 heavy (non-hydrogen) atoms. The van der Waals surface area contributed by atoms with E-state index in [-0.39, 0.29) is 4.90 Å². The third-order valence-electron chi connectivity index (χ3n) is 2.52. The van der Waals surface area contributed by atoms with Crippen LogP contribution in [0.25, 0.3) is 0 Å². The molecular formula is C10H13NO3S. The highest BCUT2D eigenvalue weighted by atomic mass is 32.2. The third-order valence-corrected chi connectivity index (χ3v) is 4.43. The zero-order valence-electron chi connectivity index (χ0n) is 8.20. The minimum absolute atomic E-state index is 0.242. The molecular weight excluding hydrogens is 214 g/mol. The number of aliphatic hydroxyl groups excluding tert-OH is 1. The highest BCUT2D eigenvalue weighted by Gasteiger charge is 2.33. The molecule has 0 spiro atoms. The SMILES string of the molecule is O=S(=O)(c1ccccc1)N1CCCC1O. The molecule has 5 heteroatoms. The molecule has 0 aliphatic carbocycles. The van der Waals surface area contributed by atoms with Crippen molar-refractivity contribution in [3.63, 3.8) is 0 Å². The van der Waals surface area contributed by atoms with Crippen molar-refractivity contribution < 1.29 is 13.5 Å². The maximum Gasteiger partial charge on any atom is 0.245 e. The van der Waals surface area contributed by atoms with E-state index < -0.39 is 16.3 Å². The highest BCUT2D eigenvalue weighted by Crippen LogP contribution is 2.24. The summed E-state index contributed by atoms with van der Waals surface area (Å²) in [5.41, 5.74) is 0. The van der Waals surface area contributed by atoms with E-state index in [0.717, 1.165) is 4.31 Å². The molecule has 0 bridgehead atoms. The van der Waals surface area contributed by atoms with E-state index >= 15 is 0 Å². The van der Waals surface area contributed by atoms with Crippen LogP contribution in [-0.2, 0) is 10.0 Å². The average molecular weight is 227 g/mol. The predicted molar refractivity (Wildman–Crippen MR) is 55.6 cm³/mol. The number of hydrogen-bond donors (Lipinski definition) is 1. The van der Waals surface area contributed by atoms with Gasteiger partial charge in [-0.15, -0.1) is 0 Å². The van der Waals surface area contributed by atoms with Gasteiger partial charge in [-0.1, -0.05) is 18.2 Å². The minimum Gasteiger partial charge on any atom is -0.377 e. The van der Waals surface area contributed by atoms with Gasteiger partial charge in [0.05, 0.1) is 4.90 Å². The largest absolute Gasteiger partial charge is 0.377 e. The van der Waals surface area contributed by atoms with Crippen molar-refractivity contribution in [3.05, 3.63) is 30.3 Å². The lowest BCUT2D eigenvalue weighted by Gasteiger charge is -2.19. The van der Waals surface area contributed by atoms with Crippen LogP contribution < -0.4 is 0 Å². The molecule has 1 aromatic rings. The summed E-state index contributed by atoms with van der Waals surface area (Å²) >= 11 is 0. The Morgan fingerprint density at radius 1 is 1.27 bits per heavy atom. The fourth-order valence-corrected chi connectivity index (χ4v) is 3.30. The Morgan fingerprint density at radius 2 is 1.93 bits per heavy atom. The molecule has 0 amide bonds. The minimum atomic E-state index is -3.50. The maximum absolute atomic E-state index is 12.0. The second-order valence-corrected chi connectivity index (χ2v) is 5.44. The van der Waals surface area contributed by atoms with Gasteiger partial charge < -0.3 is 5.11 Å². The number of rotatable bonds is 2. The van der Waals surface area contributed by atoms with Crippen molar-refractivity contribution in [2.75, 3.05) is 6.54 Å². The lowest BCUT2D eigenvalue weighted by Crippen LogP contribution is -2.35. The molecule has 1 fully saturated rings. The Bertz CT molecular complexity index is 429. The Labute approximate surface area is 89.2 Å². The fourth-order valence-electron chi connectivity index (χ4n) is 1.73. The van der Waals surface area contributed by atoms with E-state index in [1.165, 1.54) is 0 Å². The van der Waals surface area contributed by atoms with Crippen LogP contribution in [0.2, 0.25) is 0 Å². The van der Waals surface area contributed by atoms with Gasteiger partial charge in [-0.05, 0) is 25.0 Å². The monoisotopic (exact) mass is 227 g/mol. The van der Waals surface area contributed by atoms with Crippen LogP contribution in [0.4, 0.5) is 0 Å². The third kappa shape index (κ3) is 1.90. The molecule has 1 N–H and O–H groups in total. The standard InChI is InChI=1S/C10H13NO3S/c12-10-7-4-8-11(10)15(13,14)9-5-2-1-3-6-9/h1-3,5-6,10,12H,4,7-8H2. The molecule has 2 rings (SSSR count). The number of nitrogens with zero attached hydrogens (tertiary/aromatic N) is 1. The van der Waals surface area contributed by atoms with Crippen molar-refractivity contribution in [2.24, 2.45) is 0 Å². The highest BCUT2D eigenvalue weighted by molar-refractivity contribution is 7.89. The molecule has 1 saturated heterocycles. The van der Waals surface area contributed by atoms with Crippen molar-refractivity contribution in [1.29, 1.82) is 0 Å². The zero-order chi connectivity index (χ0) is 10.9. The van der Waals surface area contributed by atoms with E-state index in [1.54, 1.807) is 30.3 Å². The first-order valence-electron chi connectivity index (χ1n) is 4.87. The van der Waals surface area contributed by atoms with Crippen molar-refractivity contribution in [1.82, 2.24) is 4.31 Å². The van der Waals surface area contributed by atoms with E-state index in [9.17, 15) is 13.5 Å². The Morgan fingerprint density at radius 3 is 2.47 bits per heavy atom. The van der Waals surface area contributed by atoms with Crippen LogP contribution in [-0.4, -0.2) is 30.6 Å². The summed E-state index contributed by atoms with van der Waals surface area (Å²) in [6, 6.07) is 8.20. The normalized spacial score (nSPS) is 23.1. The predicted octanol–water partition coefficient (Wildman–Crippen LogP) is 0.790. The Balaban J connectivity index is 2.35. The average Bonchev–Trinajstić information content (AvgIpc) is 2.66.